The second kappa shape index (κ2) is 38.8. The van der Waals surface area contributed by atoms with Crippen LogP contribution >= 0.6 is 0 Å². The van der Waals surface area contributed by atoms with Gasteiger partial charge >= 0.3 is 11.9 Å². The molecule has 0 aliphatic rings. The number of nitrogens with one attached hydrogen (secondary N) is 4. The van der Waals surface area contributed by atoms with Crippen LogP contribution in [0.3, 0.4) is 0 Å². The largest absolute Gasteiger partial charge is 0.481 e. The highest BCUT2D eigenvalue weighted by Gasteiger charge is 2.25. The second-order valence-corrected chi connectivity index (χ2v) is 19.6. The Morgan fingerprint density at radius 3 is 1.62 bits per heavy atom. The highest BCUT2D eigenvalue weighted by Crippen LogP contribution is 2.18. The number of hydrogen-bond acceptors (Lipinski definition) is 12. The van der Waals surface area contributed by atoms with Crippen LogP contribution in [0.4, 0.5) is 0 Å². The molecule has 0 fully saturated rings. The lowest BCUT2D eigenvalue weighted by atomic mass is 9.94. The molecule has 0 spiro atoms. The lowest BCUT2D eigenvalue weighted by Gasteiger charge is -2.15. The van der Waals surface area contributed by atoms with Gasteiger partial charge in [0.15, 0.2) is 5.82 Å². The minimum atomic E-state index is -3.78. The van der Waals surface area contributed by atoms with Crippen LogP contribution in [0, 0.1) is 5.92 Å². The number of aliphatic carboxylic acids is 2. The predicted octanol–water partition coefficient (Wildman–Crippen LogP) is 7.61. The van der Waals surface area contributed by atoms with E-state index in [1.54, 1.807) is 0 Å². The number of aromatic nitrogens is 4. The lowest BCUT2D eigenvalue weighted by molar-refractivity contribution is -0.145. The van der Waals surface area contributed by atoms with Crippen LogP contribution in [0.15, 0.2) is 0 Å². The molecule has 1 heterocycles. The Morgan fingerprint density at radius 2 is 1.09 bits per heavy atom. The monoisotopic (exact) mass is 954 g/mol. The number of tetrazole rings is 1. The Labute approximate surface area is 393 Å². The second-order valence-electron chi connectivity index (χ2n) is 17.8. The van der Waals surface area contributed by atoms with E-state index in [-0.39, 0.29) is 81.0 Å². The summed E-state index contributed by atoms with van der Waals surface area (Å²) in [6.45, 7) is 2.36. The number of hydrogen-bond donors (Lipinski definition) is 6. The number of carbonyl (C=O) groups excluding carboxylic acids is 5. The summed E-state index contributed by atoms with van der Waals surface area (Å²) in [6, 6.07) is -1.24. The molecule has 0 aliphatic carbocycles. The molecule has 0 saturated carbocycles. The molecule has 0 radical (unpaired) electrons. The third-order valence-electron chi connectivity index (χ3n) is 11.7. The van der Waals surface area contributed by atoms with E-state index < -0.39 is 45.7 Å². The molecule has 3 amide bonds. The summed E-state index contributed by atoms with van der Waals surface area (Å²) in [4.78, 5) is 84.2. The first-order valence-electron chi connectivity index (χ1n) is 25.0. The number of carbonyl (C=O) groups is 7. The highest BCUT2D eigenvalue weighted by atomic mass is 32.2. The zero-order valence-electron chi connectivity index (χ0n) is 39.9. The molecule has 1 aromatic rings. The van der Waals surface area contributed by atoms with Gasteiger partial charge in [0.05, 0.1) is 11.7 Å². The summed E-state index contributed by atoms with van der Waals surface area (Å²) in [6.07, 6.45) is 25.0. The van der Waals surface area contributed by atoms with Crippen LogP contribution in [-0.4, -0.2) is 98.8 Å². The van der Waals surface area contributed by atoms with Crippen molar-refractivity contribution in [3.63, 3.8) is 0 Å². The first-order chi connectivity index (χ1) is 31.7. The fourth-order valence-electron chi connectivity index (χ4n) is 7.73. The number of amides is 3. The smallest absolute Gasteiger partial charge is 0.326 e. The van der Waals surface area contributed by atoms with Crippen molar-refractivity contribution in [1.29, 1.82) is 0 Å². The number of ketones is 2. The quantitative estimate of drug-likeness (QED) is 0.0343. The Bertz CT molecular complexity index is 1630. The van der Waals surface area contributed by atoms with Crippen LogP contribution in [0.1, 0.15) is 225 Å². The normalized spacial score (nSPS) is 12.3. The summed E-state index contributed by atoms with van der Waals surface area (Å²) >= 11 is 0. The van der Waals surface area contributed by atoms with Crippen LogP contribution < -0.4 is 15.4 Å². The number of sulfonamides is 1. The SMILES string of the molecule is CCCC(=O)CCC(NC(=O)CC[C@H](CC(=O)CCCCCCCCCCCNC(=O)CCCS(=O)(=O)NC(=O)CCCCCCCCCCCCCCCc1nn[nH]n1)C(=O)O)C(=O)O. The van der Waals surface area contributed by atoms with Gasteiger partial charge in [0.1, 0.15) is 17.6 Å². The van der Waals surface area contributed by atoms with Gasteiger partial charge in [-0.1, -0.05) is 128 Å². The van der Waals surface area contributed by atoms with Crippen LogP contribution in [0.5, 0.6) is 0 Å². The first kappa shape index (κ1) is 59.7. The van der Waals surface area contributed by atoms with Gasteiger partial charge in [0.2, 0.25) is 27.7 Å². The van der Waals surface area contributed by atoms with Crippen molar-refractivity contribution in [2.75, 3.05) is 12.3 Å². The molecule has 0 saturated heterocycles. The molecular formula is C47H83N7O11S. The maximum Gasteiger partial charge on any atom is 0.326 e. The van der Waals surface area contributed by atoms with E-state index >= 15 is 0 Å². The minimum Gasteiger partial charge on any atom is -0.481 e. The Morgan fingerprint density at radius 1 is 0.561 bits per heavy atom. The van der Waals surface area contributed by atoms with Crippen LogP contribution in [0.25, 0.3) is 0 Å². The summed E-state index contributed by atoms with van der Waals surface area (Å²) < 4.78 is 26.8. The topological polar surface area (TPSA) is 285 Å². The van der Waals surface area contributed by atoms with E-state index in [0.717, 1.165) is 89.3 Å². The Kier molecular flexibility index (Phi) is 35.1. The average molecular weight is 954 g/mol. The van der Waals surface area contributed by atoms with E-state index in [0.29, 0.717) is 32.2 Å². The number of H-pyrrole nitrogens is 1. The molecule has 1 rings (SSSR count). The van der Waals surface area contributed by atoms with Crippen molar-refractivity contribution in [2.24, 2.45) is 5.92 Å². The van der Waals surface area contributed by atoms with Gasteiger partial charge in [0.25, 0.3) is 0 Å². The molecule has 0 aromatic carbocycles. The predicted molar refractivity (Wildman–Crippen MR) is 252 cm³/mol. The van der Waals surface area contributed by atoms with Crippen molar-refractivity contribution in [3.8, 4) is 0 Å². The summed E-state index contributed by atoms with van der Waals surface area (Å²) in [5.41, 5.74) is 0. The average Bonchev–Trinajstić information content (AvgIpc) is 3.79. The van der Waals surface area contributed by atoms with E-state index in [9.17, 15) is 52.2 Å². The minimum absolute atomic E-state index is 0.0314. The van der Waals surface area contributed by atoms with E-state index in [1.165, 1.54) is 51.4 Å². The van der Waals surface area contributed by atoms with E-state index in [4.69, 9.17) is 0 Å². The number of unbranched alkanes of at least 4 members (excludes halogenated alkanes) is 20. The number of carboxylic acid groups (broad SMARTS) is 2. The third-order valence-corrected chi connectivity index (χ3v) is 13.0. The number of rotatable bonds is 46. The molecule has 378 valence electrons. The molecule has 6 N–H and O–H groups in total. The number of carboxylic acids is 2. The Hall–Kier alpha value is -4.29. The molecule has 66 heavy (non-hydrogen) atoms. The van der Waals surface area contributed by atoms with Crippen molar-refractivity contribution >= 4 is 51.2 Å². The molecule has 19 heteroatoms. The van der Waals surface area contributed by atoms with Crippen molar-refractivity contribution < 1.29 is 52.2 Å². The summed E-state index contributed by atoms with van der Waals surface area (Å²) in [5.74, 6) is -4.56. The fourth-order valence-corrected chi connectivity index (χ4v) is 8.80. The maximum absolute atomic E-state index is 12.5. The van der Waals surface area contributed by atoms with E-state index in [1.807, 2.05) is 6.92 Å². The van der Waals surface area contributed by atoms with Gasteiger partial charge in [0, 0.05) is 57.9 Å². The lowest BCUT2D eigenvalue weighted by Crippen LogP contribution is -2.41. The third kappa shape index (κ3) is 35.0. The zero-order chi connectivity index (χ0) is 48.7. The highest BCUT2D eigenvalue weighted by molar-refractivity contribution is 7.90. The molecule has 2 atom stereocenters. The van der Waals surface area contributed by atoms with Crippen LogP contribution in [-0.2, 0) is 50.0 Å². The van der Waals surface area contributed by atoms with Gasteiger partial charge in [-0.2, -0.15) is 5.21 Å². The molecular weight excluding hydrogens is 871 g/mol. The molecule has 1 unspecified atom stereocenters. The van der Waals surface area contributed by atoms with Crippen molar-refractivity contribution in [1.82, 2.24) is 36.0 Å². The van der Waals surface area contributed by atoms with Gasteiger partial charge in [-0.05, 0) is 51.4 Å². The van der Waals surface area contributed by atoms with Gasteiger partial charge in [-0.25, -0.2) is 13.2 Å². The number of Topliss-reactive ketones (excluding diaryl/α,β-unsaturated/α-hetero) is 2. The number of aromatic amines is 1. The standard InChI is InChI=1S/C47H83N7O11S/c1-2-26-39(55)32-33-41(47(62)63)49-44(58)34-31-38(46(60)61)37-40(56)27-21-17-13-9-8-12-16-20-24-35-48-43(57)30-25-36-66(64,65)52-45(59)29-23-19-15-11-7-5-3-4-6-10-14-18-22-28-42-50-53-54-51-42/h38,41H,2-37H2,1H3,(H,48,57)(H,49,58)(H,52,59)(H,60,61)(H,62,63)(H,50,51,53,54)/t38-,41?/m1/s1. The van der Waals surface area contributed by atoms with Crippen molar-refractivity contribution in [2.45, 2.75) is 231 Å². The number of aryl methyl sites for hydroxylation is 1. The van der Waals surface area contributed by atoms with Crippen molar-refractivity contribution in [3.05, 3.63) is 5.82 Å². The molecule has 18 nitrogen and oxygen atoms in total. The van der Waals surface area contributed by atoms with Gasteiger partial charge < -0.3 is 20.8 Å². The molecule has 0 bridgehead atoms. The van der Waals surface area contributed by atoms with Gasteiger partial charge in [-0.15, -0.1) is 10.2 Å². The number of nitrogens with zero attached hydrogens (tertiary/aromatic N) is 3. The van der Waals surface area contributed by atoms with E-state index in [2.05, 4.69) is 36.0 Å². The fraction of sp³-hybridized carbons (Fsp3) is 0.830. The first-order valence-corrected chi connectivity index (χ1v) is 26.7. The molecule has 1 aromatic heterocycles. The summed E-state index contributed by atoms with van der Waals surface area (Å²) in [7, 11) is -3.78. The maximum atomic E-state index is 12.5. The van der Waals surface area contributed by atoms with Crippen LogP contribution in [0.2, 0.25) is 0 Å². The zero-order valence-corrected chi connectivity index (χ0v) is 40.7. The summed E-state index contributed by atoms with van der Waals surface area (Å²) in [5, 5.41) is 38.1. The van der Waals surface area contributed by atoms with Gasteiger partial charge in [-0.3, -0.25) is 33.5 Å². The Balaban J connectivity index is 1.97. The molecule has 0 aliphatic heterocycles.